The van der Waals surface area contributed by atoms with E-state index in [2.05, 4.69) is 33.1 Å². The predicted molar refractivity (Wildman–Crippen MR) is 57.6 cm³/mol. The highest BCUT2D eigenvalue weighted by Crippen LogP contribution is 2.34. The van der Waals surface area contributed by atoms with Gasteiger partial charge in [-0.15, -0.1) is 0 Å². The van der Waals surface area contributed by atoms with Crippen LogP contribution in [-0.4, -0.2) is 0 Å². The summed E-state index contributed by atoms with van der Waals surface area (Å²) in [6, 6.07) is 2.13. The number of hydrogen-bond acceptors (Lipinski definition) is 3. The molecule has 0 amide bonds. The van der Waals surface area contributed by atoms with Crippen LogP contribution in [0.5, 0.6) is 0 Å². The van der Waals surface area contributed by atoms with E-state index in [0.29, 0.717) is 0 Å². The molecule has 0 saturated heterocycles. The van der Waals surface area contributed by atoms with Gasteiger partial charge >= 0.3 is 0 Å². The lowest BCUT2D eigenvalue weighted by atomic mass is 9.82. The summed E-state index contributed by atoms with van der Waals surface area (Å²) in [4.78, 5) is 0. The molecule has 14 heavy (non-hydrogen) atoms. The first-order valence-electron chi connectivity index (χ1n) is 5.03. The Morgan fingerprint density at radius 3 is 2.57 bits per heavy atom. The van der Waals surface area contributed by atoms with Gasteiger partial charge in [0.05, 0.1) is 12.3 Å². The SMILES string of the molecule is CCc1occc1C(NN)C(C)(C)C. The largest absolute Gasteiger partial charge is 0.469 e. The van der Waals surface area contributed by atoms with Crippen molar-refractivity contribution in [1.29, 1.82) is 0 Å². The molecule has 3 heteroatoms. The lowest BCUT2D eigenvalue weighted by Crippen LogP contribution is -2.37. The number of nitrogens with two attached hydrogens (primary N) is 1. The van der Waals surface area contributed by atoms with Gasteiger partial charge in [0.15, 0.2) is 0 Å². The van der Waals surface area contributed by atoms with Gasteiger partial charge in [0.1, 0.15) is 5.76 Å². The Balaban J connectivity index is 3.01. The van der Waals surface area contributed by atoms with E-state index in [1.54, 1.807) is 6.26 Å². The number of hydrogen-bond donors (Lipinski definition) is 2. The molecule has 1 aromatic rings. The van der Waals surface area contributed by atoms with E-state index >= 15 is 0 Å². The highest BCUT2D eigenvalue weighted by molar-refractivity contribution is 5.23. The molecular formula is C11H20N2O. The van der Waals surface area contributed by atoms with Crippen LogP contribution in [0.3, 0.4) is 0 Å². The van der Waals surface area contributed by atoms with Crippen LogP contribution in [0.25, 0.3) is 0 Å². The molecule has 0 aliphatic carbocycles. The van der Waals surface area contributed by atoms with Gasteiger partial charge in [0.2, 0.25) is 0 Å². The second-order valence-electron chi connectivity index (χ2n) is 4.62. The molecule has 1 heterocycles. The molecule has 3 N–H and O–H groups in total. The molecule has 1 unspecified atom stereocenters. The number of hydrazine groups is 1. The maximum absolute atomic E-state index is 5.58. The minimum absolute atomic E-state index is 0.0859. The zero-order valence-corrected chi connectivity index (χ0v) is 9.42. The van der Waals surface area contributed by atoms with Gasteiger partial charge in [-0.2, -0.15) is 0 Å². The lowest BCUT2D eigenvalue weighted by molar-refractivity contribution is 0.271. The molecule has 0 aliphatic rings. The fourth-order valence-corrected chi connectivity index (χ4v) is 1.70. The Morgan fingerprint density at radius 1 is 1.50 bits per heavy atom. The third-order valence-electron chi connectivity index (χ3n) is 2.44. The van der Waals surface area contributed by atoms with E-state index in [0.717, 1.165) is 12.2 Å². The van der Waals surface area contributed by atoms with Crippen LogP contribution in [0.15, 0.2) is 16.7 Å². The Hall–Kier alpha value is -0.800. The monoisotopic (exact) mass is 196 g/mol. The third kappa shape index (κ3) is 2.16. The quantitative estimate of drug-likeness (QED) is 0.576. The van der Waals surface area contributed by atoms with Gasteiger partial charge in [0.25, 0.3) is 0 Å². The van der Waals surface area contributed by atoms with Crippen LogP contribution >= 0.6 is 0 Å². The molecule has 1 aromatic heterocycles. The summed E-state index contributed by atoms with van der Waals surface area (Å²) in [5.74, 6) is 6.60. The van der Waals surface area contributed by atoms with E-state index < -0.39 is 0 Å². The van der Waals surface area contributed by atoms with Crippen molar-refractivity contribution < 1.29 is 4.42 Å². The average Bonchev–Trinajstić information content (AvgIpc) is 2.51. The topological polar surface area (TPSA) is 51.2 Å². The van der Waals surface area contributed by atoms with E-state index in [4.69, 9.17) is 10.3 Å². The van der Waals surface area contributed by atoms with Crippen molar-refractivity contribution in [3.8, 4) is 0 Å². The van der Waals surface area contributed by atoms with E-state index in [9.17, 15) is 0 Å². The summed E-state index contributed by atoms with van der Waals surface area (Å²) in [5, 5.41) is 0. The number of rotatable bonds is 3. The summed E-state index contributed by atoms with van der Waals surface area (Å²) in [6.45, 7) is 8.55. The van der Waals surface area contributed by atoms with Crippen molar-refractivity contribution in [2.45, 2.75) is 40.2 Å². The molecule has 0 saturated carbocycles. The van der Waals surface area contributed by atoms with Crippen LogP contribution in [-0.2, 0) is 6.42 Å². The zero-order chi connectivity index (χ0) is 10.8. The van der Waals surface area contributed by atoms with E-state index in [1.165, 1.54) is 5.56 Å². The van der Waals surface area contributed by atoms with Gasteiger partial charge in [-0.3, -0.25) is 11.3 Å². The average molecular weight is 196 g/mol. The van der Waals surface area contributed by atoms with Crippen LogP contribution in [0.2, 0.25) is 0 Å². The fraction of sp³-hybridized carbons (Fsp3) is 0.636. The molecule has 1 rings (SSSR count). The molecule has 0 aromatic carbocycles. The van der Waals surface area contributed by atoms with Crippen LogP contribution < -0.4 is 11.3 Å². The molecule has 0 radical (unpaired) electrons. The van der Waals surface area contributed by atoms with Gasteiger partial charge in [-0.1, -0.05) is 27.7 Å². The van der Waals surface area contributed by atoms with Crippen molar-refractivity contribution in [1.82, 2.24) is 5.43 Å². The van der Waals surface area contributed by atoms with Gasteiger partial charge < -0.3 is 4.42 Å². The minimum Gasteiger partial charge on any atom is -0.469 e. The fourth-order valence-electron chi connectivity index (χ4n) is 1.70. The van der Waals surface area contributed by atoms with Crippen molar-refractivity contribution in [2.75, 3.05) is 0 Å². The summed E-state index contributed by atoms with van der Waals surface area (Å²) < 4.78 is 5.40. The first-order valence-corrected chi connectivity index (χ1v) is 5.03. The maximum atomic E-state index is 5.58. The molecule has 0 spiro atoms. The van der Waals surface area contributed by atoms with Crippen LogP contribution in [0.1, 0.15) is 45.1 Å². The Bertz CT molecular complexity index is 286. The number of nitrogens with one attached hydrogen (secondary N) is 1. The standard InChI is InChI=1S/C11H20N2O/c1-5-9-8(6-7-14-9)10(13-12)11(2,3)4/h6-7,10,13H,5,12H2,1-4H3. The number of aryl methyl sites for hydroxylation is 1. The molecule has 80 valence electrons. The second kappa shape index (κ2) is 4.15. The summed E-state index contributed by atoms with van der Waals surface area (Å²) >= 11 is 0. The minimum atomic E-state index is 0.0859. The predicted octanol–water partition coefficient (Wildman–Crippen LogP) is 2.39. The molecule has 0 aliphatic heterocycles. The van der Waals surface area contributed by atoms with E-state index in [1.807, 2.05) is 6.07 Å². The zero-order valence-electron chi connectivity index (χ0n) is 9.42. The normalized spacial score (nSPS) is 14.4. The molecule has 0 fully saturated rings. The Labute approximate surface area is 85.6 Å². The highest BCUT2D eigenvalue weighted by Gasteiger charge is 2.27. The second-order valence-corrected chi connectivity index (χ2v) is 4.62. The molecule has 1 atom stereocenters. The molecular weight excluding hydrogens is 176 g/mol. The number of furan rings is 1. The third-order valence-corrected chi connectivity index (χ3v) is 2.44. The highest BCUT2D eigenvalue weighted by atomic mass is 16.3. The lowest BCUT2D eigenvalue weighted by Gasteiger charge is -2.29. The van der Waals surface area contributed by atoms with Crippen molar-refractivity contribution in [2.24, 2.45) is 11.3 Å². The first kappa shape index (κ1) is 11.3. The molecule has 3 nitrogen and oxygen atoms in total. The Morgan fingerprint density at radius 2 is 2.14 bits per heavy atom. The summed E-state index contributed by atoms with van der Waals surface area (Å²) in [6.07, 6.45) is 2.63. The first-order chi connectivity index (χ1) is 6.50. The van der Waals surface area contributed by atoms with Crippen molar-refractivity contribution in [3.05, 3.63) is 23.7 Å². The van der Waals surface area contributed by atoms with E-state index in [-0.39, 0.29) is 11.5 Å². The molecule has 0 bridgehead atoms. The smallest absolute Gasteiger partial charge is 0.108 e. The van der Waals surface area contributed by atoms with Gasteiger partial charge in [-0.25, -0.2) is 0 Å². The summed E-state index contributed by atoms with van der Waals surface area (Å²) in [7, 11) is 0. The van der Waals surface area contributed by atoms with Crippen LogP contribution in [0, 0.1) is 5.41 Å². The maximum Gasteiger partial charge on any atom is 0.108 e. The van der Waals surface area contributed by atoms with Gasteiger partial charge in [-0.05, 0) is 11.5 Å². The Kier molecular flexibility index (Phi) is 3.34. The van der Waals surface area contributed by atoms with Crippen LogP contribution in [0.4, 0.5) is 0 Å². The van der Waals surface area contributed by atoms with Crippen molar-refractivity contribution >= 4 is 0 Å². The van der Waals surface area contributed by atoms with Gasteiger partial charge in [0, 0.05) is 12.0 Å². The van der Waals surface area contributed by atoms with Crippen molar-refractivity contribution in [3.63, 3.8) is 0 Å². The summed E-state index contributed by atoms with van der Waals surface area (Å²) in [5.41, 5.74) is 4.11.